The van der Waals surface area contributed by atoms with Gasteiger partial charge in [-0.3, -0.25) is 9.59 Å². The van der Waals surface area contributed by atoms with E-state index in [-0.39, 0.29) is 29.4 Å². The van der Waals surface area contributed by atoms with Gasteiger partial charge in [-0.25, -0.2) is 14.0 Å². The number of nitrogens with one attached hydrogen (secondary N) is 2. The fraction of sp³-hybridized carbons (Fsp3) is 0.286. The second-order valence-electron chi connectivity index (χ2n) is 7.03. The standard InChI is InChI=1S/C21H21FN2O8/c1-10(19(27)24-15(20(28)29)9-18(25)26)7-13-4-6-17(31-13)21(30)32-16-5-3-12(11(2)23)8-14(16)22/h3-6,8,10,15,23H,7,9H2,1-2H3,(H,24,27)(H,25,26)(H,28,29)/t10?,15-/m1/s1. The lowest BCUT2D eigenvalue weighted by atomic mass is 10.0. The third kappa shape index (κ3) is 6.49. The lowest BCUT2D eigenvalue weighted by Crippen LogP contribution is -2.44. The van der Waals surface area contributed by atoms with Gasteiger partial charge in [0, 0.05) is 18.1 Å². The van der Waals surface area contributed by atoms with E-state index in [9.17, 15) is 23.6 Å². The molecule has 4 N–H and O–H groups in total. The molecule has 0 aliphatic carbocycles. The van der Waals surface area contributed by atoms with Gasteiger partial charge in [-0.05, 0) is 42.8 Å². The van der Waals surface area contributed by atoms with Crippen LogP contribution in [-0.4, -0.2) is 45.8 Å². The van der Waals surface area contributed by atoms with Gasteiger partial charge in [0.15, 0.2) is 11.6 Å². The molecule has 0 aliphatic heterocycles. The Hall–Kier alpha value is -4.02. The number of carbonyl (C=O) groups is 4. The Bertz CT molecular complexity index is 1060. The molecule has 0 saturated heterocycles. The number of hydrogen-bond acceptors (Lipinski definition) is 7. The van der Waals surface area contributed by atoms with Gasteiger partial charge in [0.2, 0.25) is 11.7 Å². The van der Waals surface area contributed by atoms with Crippen LogP contribution in [-0.2, 0) is 20.8 Å². The quantitative estimate of drug-likeness (QED) is 0.244. The minimum Gasteiger partial charge on any atom is -0.481 e. The first-order chi connectivity index (χ1) is 15.0. The molecule has 2 atom stereocenters. The van der Waals surface area contributed by atoms with Crippen LogP contribution in [0.2, 0.25) is 0 Å². The summed E-state index contributed by atoms with van der Waals surface area (Å²) in [5.74, 6) is -6.53. The average Bonchev–Trinajstić information content (AvgIpc) is 3.16. The van der Waals surface area contributed by atoms with Crippen molar-refractivity contribution in [3.63, 3.8) is 0 Å². The van der Waals surface area contributed by atoms with E-state index in [2.05, 4.69) is 5.32 Å². The van der Waals surface area contributed by atoms with Crippen LogP contribution in [0.25, 0.3) is 0 Å². The lowest BCUT2D eigenvalue weighted by molar-refractivity contribution is -0.147. The van der Waals surface area contributed by atoms with Crippen LogP contribution in [0.3, 0.4) is 0 Å². The smallest absolute Gasteiger partial charge is 0.379 e. The average molecular weight is 448 g/mol. The number of rotatable bonds is 10. The molecule has 32 heavy (non-hydrogen) atoms. The second-order valence-corrected chi connectivity index (χ2v) is 7.03. The monoisotopic (exact) mass is 448 g/mol. The van der Waals surface area contributed by atoms with Gasteiger partial charge >= 0.3 is 17.9 Å². The Kier molecular flexibility index (Phi) is 7.83. The van der Waals surface area contributed by atoms with Crippen LogP contribution < -0.4 is 10.1 Å². The lowest BCUT2D eigenvalue weighted by Gasteiger charge is -2.15. The summed E-state index contributed by atoms with van der Waals surface area (Å²) in [7, 11) is 0. The van der Waals surface area contributed by atoms with Crippen molar-refractivity contribution in [2.24, 2.45) is 5.92 Å². The number of benzene rings is 1. The minimum atomic E-state index is -1.58. The molecule has 0 saturated carbocycles. The summed E-state index contributed by atoms with van der Waals surface area (Å²) < 4.78 is 24.4. The maximum absolute atomic E-state index is 14.1. The molecule has 11 heteroatoms. The zero-order valence-electron chi connectivity index (χ0n) is 17.2. The number of halogens is 1. The highest BCUT2D eigenvalue weighted by Crippen LogP contribution is 2.21. The van der Waals surface area contributed by atoms with E-state index in [1.807, 2.05) is 0 Å². The predicted octanol–water partition coefficient (Wildman–Crippen LogP) is 2.25. The Morgan fingerprint density at radius 1 is 1.19 bits per heavy atom. The van der Waals surface area contributed by atoms with E-state index < -0.39 is 48.0 Å². The molecule has 10 nitrogen and oxygen atoms in total. The zero-order chi connectivity index (χ0) is 24.0. The zero-order valence-corrected chi connectivity index (χ0v) is 17.2. The third-order valence-electron chi connectivity index (χ3n) is 4.38. The molecule has 1 unspecified atom stereocenters. The number of carboxylic acids is 2. The van der Waals surface area contributed by atoms with Crippen molar-refractivity contribution in [1.29, 1.82) is 5.41 Å². The summed E-state index contributed by atoms with van der Waals surface area (Å²) in [5.41, 5.74) is 0.483. The summed E-state index contributed by atoms with van der Waals surface area (Å²) in [5, 5.41) is 27.4. The molecular weight excluding hydrogens is 427 g/mol. The molecule has 0 spiro atoms. The highest BCUT2D eigenvalue weighted by Gasteiger charge is 2.26. The van der Waals surface area contributed by atoms with E-state index >= 15 is 0 Å². The van der Waals surface area contributed by atoms with Gasteiger partial charge in [0.1, 0.15) is 11.8 Å². The van der Waals surface area contributed by atoms with E-state index in [4.69, 9.17) is 24.8 Å². The van der Waals surface area contributed by atoms with Gasteiger partial charge in [0.05, 0.1) is 6.42 Å². The Morgan fingerprint density at radius 3 is 2.44 bits per heavy atom. The largest absolute Gasteiger partial charge is 0.481 e. The number of furan rings is 1. The van der Waals surface area contributed by atoms with Gasteiger partial charge in [-0.1, -0.05) is 6.92 Å². The van der Waals surface area contributed by atoms with Crippen molar-refractivity contribution in [2.45, 2.75) is 32.7 Å². The normalized spacial score (nSPS) is 12.5. The van der Waals surface area contributed by atoms with Crippen molar-refractivity contribution in [3.8, 4) is 5.75 Å². The number of esters is 1. The second kappa shape index (κ2) is 10.3. The predicted molar refractivity (Wildman–Crippen MR) is 107 cm³/mol. The van der Waals surface area contributed by atoms with Crippen molar-refractivity contribution < 1.29 is 42.9 Å². The van der Waals surface area contributed by atoms with E-state index in [0.717, 1.165) is 6.07 Å². The molecule has 2 aromatic rings. The van der Waals surface area contributed by atoms with Crippen molar-refractivity contribution in [1.82, 2.24) is 5.32 Å². The van der Waals surface area contributed by atoms with Crippen LogP contribution in [0.5, 0.6) is 5.75 Å². The summed E-state index contributed by atoms with van der Waals surface area (Å²) in [6.45, 7) is 2.96. The highest BCUT2D eigenvalue weighted by molar-refractivity contribution is 5.96. The van der Waals surface area contributed by atoms with Crippen LogP contribution in [0.4, 0.5) is 4.39 Å². The highest BCUT2D eigenvalue weighted by atomic mass is 19.1. The van der Waals surface area contributed by atoms with Crippen LogP contribution in [0.15, 0.2) is 34.7 Å². The fourth-order valence-electron chi connectivity index (χ4n) is 2.65. The topological polar surface area (TPSA) is 167 Å². The van der Waals surface area contributed by atoms with Crippen LogP contribution >= 0.6 is 0 Å². The molecule has 2 rings (SSSR count). The number of hydrogen-bond donors (Lipinski definition) is 4. The summed E-state index contributed by atoms with van der Waals surface area (Å²) in [6.07, 6.45) is -0.790. The first-order valence-corrected chi connectivity index (χ1v) is 9.38. The van der Waals surface area contributed by atoms with Gasteiger partial charge < -0.3 is 30.1 Å². The molecule has 0 bridgehead atoms. The van der Waals surface area contributed by atoms with Crippen LogP contribution in [0, 0.1) is 17.1 Å². The SMILES string of the molecule is CC(=N)c1ccc(OC(=O)c2ccc(CC(C)C(=O)N[C@H](CC(=O)O)C(=O)O)o2)c(F)c1. The van der Waals surface area contributed by atoms with Gasteiger partial charge in [0.25, 0.3) is 0 Å². The Morgan fingerprint density at radius 2 is 1.88 bits per heavy atom. The Labute approximate surface area is 181 Å². The third-order valence-corrected chi connectivity index (χ3v) is 4.38. The number of carbonyl (C=O) groups excluding carboxylic acids is 2. The number of ether oxygens (including phenoxy) is 1. The molecule has 1 amide bonds. The maximum Gasteiger partial charge on any atom is 0.379 e. The van der Waals surface area contributed by atoms with Crippen LogP contribution in [0.1, 0.15) is 42.1 Å². The number of carboxylic acid groups (broad SMARTS) is 2. The first kappa shape index (κ1) is 24.3. The fourth-order valence-corrected chi connectivity index (χ4v) is 2.65. The summed E-state index contributed by atoms with van der Waals surface area (Å²) >= 11 is 0. The molecule has 1 heterocycles. The molecule has 0 aliphatic rings. The van der Waals surface area contributed by atoms with E-state index in [1.54, 1.807) is 0 Å². The first-order valence-electron chi connectivity index (χ1n) is 9.38. The van der Waals surface area contributed by atoms with Crippen molar-refractivity contribution in [2.75, 3.05) is 0 Å². The van der Waals surface area contributed by atoms with Gasteiger partial charge in [-0.15, -0.1) is 0 Å². The van der Waals surface area contributed by atoms with Crippen molar-refractivity contribution >= 4 is 29.5 Å². The molecular formula is C21H21FN2O8. The van der Waals surface area contributed by atoms with Gasteiger partial charge in [-0.2, -0.15) is 0 Å². The summed E-state index contributed by atoms with van der Waals surface area (Å²) in [6, 6.07) is 4.81. The number of aliphatic carboxylic acids is 2. The van der Waals surface area contributed by atoms with E-state index in [1.165, 1.54) is 38.1 Å². The molecule has 1 aromatic carbocycles. The van der Waals surface area contributed by atoms with E-state index in [0.29, 0.717) is 5.56 Å². The van der Waals surface area contributed by atoms with Crippen molar-refractivity contribution in [3.05, 3.63) is 53.2 Å². The Balaban J connectivity index is 2.00. The molecule has 0 radical (unpaired) electrons. The number of amides is 1. The summed E-state index contributed by atoms with van der Waals surface area (Å²) in [4.78, 5) is 46.2. The molecule has 170 valence electrons. The molecule has 1 aromatic heterocycles. The minimum absolute atomic E-state index is 0.0137. The molecule has 0 fully saturated rings. The maximum atomic E-state index is 14.1.